The van der Waals surface area contributed by atoms with Crippen LogP contribution in [0.25, 0.3) is 32.3 Å². The second kappa shape index (κ2) is 4.88. The van der Waals surface area contributed by atoms with E-state index in [4.69, 9.17) is 0 Å². The molecule has 114 valence electrons. The molecule has 0 saturated carbocycles. The van der Waals surface area contributed by atoms with Crippen LogP contribution in [0.4, 0.5) is 0 Å². The molecule has 0 saturated heterocycles. The van der Waals surface area contributed by atoms with Crippen LogP contribution in [0, 0.1) is 0 Å². The summed E-state index contributed by atoms with van der Waals surface area (Å²) in [5, 5.41) is 26.5. The van der Waals surface area contributed by atoms with Crippen molar-refractivity contribution in [3.05, 3.63) is 60.2 Å². The van der Waals surface area contributed by atoms with Crippen molar-refractivity contribution in [3.63, 3.8) is 0 Å². The van der Waals surface area contributed by atoms with Crippen LogP contribution >= 0.6 is 0 Å². The zero-order chi connectivity index (χ0) is 16.1. The molecule has 0 radical (unpaired) electrons. The highest BCUT2D eigenvalue weighted by Gasteiger charge is 2.12. The lowest BCUT2D eigenvalue weighted by molar-refractivity contribution is 0.475. The molecule has 0 heterocycles. The van der Waals surface area contributed by atoms with E-state index in [-0.39, 0.29) is 11.5 Å². The molecule has 0 unspecified atom stereocenters. The predicted molar refractivity (Wildman–Crippen MR) is 96.4 cm³/mol. The maximum atomic E-state index is 10.3. The fraction of sp³-hybridized carbons (Fsp3) is 0.143. The van der Waals surface area contributed by atoms with Crippen molar-refractivity contribution >= 4 is 32.3 Å². The molecular weight excluding hydrogens is 284 g/mol. The van der Waals surface area contributed by atoms with Crippen molar-refractivity contribution in [1.29, 1.82) is 0 Å². The van der Waals surface area contributed by atoms with E-state index >= 15 is 0 Å². The van der Waals surface area contributed by atoms with Crippen LogP contribution in [-0.2, 0) is 0 Å². The van der Waals surface area contributed by atoms with E-state index in [1.54, 1.807) is 6.07 Å². The van der Waals surface area contributed by atoms with E-state index in [0.717, 1.165) is 37.9 Å². The summed E-state index contributed by atoms with van der Waals surface area (Å²) in [5.74, 6) is 0.902. The fourth-order valence-electron chi connectivity index (χ4n) is 3.51. The SMILES string of the molecule is CC(C)c1cc(O)cc2c1ccc1c2ccc2cccc(O)c21. The number of rotatable bonds is 1. The summed E-state index contributed by atoms with van der Waals surface area (Å²) in [4.78, 5) is 0. The Balaban J connectivity index is 2.24. The Hall–Kier alpha value is -2.74. The van der Waals surface area contributed by atoms with Gasteiger partial charge in [0.25, 0.3) is 0 Å². The van der Waals surface area contributed by atoms with Crippen LogP contribution in [0.15, 0.2) is 54.6 Å². The van der Waals surface area contributed by atoms with Gasteiger partial charge in [0.2, 0.25) is 0 Å². The van der Waals surface area contributed by atoms with E-state index in [9.17, 15) is 10.2 Å². The number of hydrogen-bond acceptors (Lipinski definition) is 2. The summed E-state index contributed by atoms with van der Waals surface area (Å²) in [5.41, 5.74) is 1.14. The first-order valence-corrected chi connectivity index (χ1v) is 7.86. The zero-order valence-corrected chi connectivity index (χ0v) is 13.2. The van der Waals surface area contributed by atoms with Crippen molar-refractivity contribution in [2.24, 2.45) is 0 Å². The summed E-state index contributed by atoms with van der Waals surface area (Å²) < 4.78 is 0. The smallest absolute Gasteiger partial charge is 0.124 e. The molecule has 0 fully saturated rings. The normalized spacial score (nSPS) is 11.8. The highest BCUT2D eigenvalue weighted by molar-refractivity contribution is 6.19. The van der Waals surface area contributed by atoms with Gasteiger partial charge in [-0.05, 0) is 56.6 Å². The Morgan fingerprint density at radius 1 is 0.739 bits per heavy atom. The van der Waals surface area contributed by atoms with Gasteiger partial charge in [-0.1, -0.05) is 50.2 Å². The maximum Gasteiger partial charge on any atom is 0.124 e. The molecule has 0 aliphatic rings. The molecular formula is C21H18O2. The molecule has 4 rings (SSSR count). The van der Waals surface area contributed by atoms with Crippen LogP contribution in [0.2, 0.25) is 0 Å². The maximum absolute atomic E-state index is 10.3. The highest BCUT2D eigenvalue weighted by atomic mass is 16.3. The van der Waals surface area contributed by atoms with Crippen molar-refractivity contribution in [2.45, 2.75) is 19.8 Å². The Labute approximate surface area is 134 Å². The van der Waals surface area contributed by atoms with Crippen molar-refractivity contribution in [3.8, 4) is 11.5 Å². The minimum absolute atomic E-state index is 0.283. The second-order valence-electron chi connectivity index (χ2n) is 6.39. The number of fused-ring (bicyclic) bond motifs is 5. The molecule has 4 aromatic carbocycles. The van der Waals surface area contributed by atoms with Crippen LogP contribution in [0.3, 0.4) is 0 Å². The topological polar surface area (TPSA) is 40.5 Å². The fourth-order valence-corrected chi connectivity index (χ4v) is 3.51. The monoisotopic (exact) mass is 302 g/mol. The Bertz CT molecular complexity index is 1060. The van der Waals surface area contributed by atoms with Gasteiger partial charge in [-0.2, -0.15) is 0 Å². The minimum Gasteiger partial charge on any atom is -0.508 e. The van der Waals surface area contributed by atoms with E-state index in [1.807, 2.05) is 30.3 Å². The molecule has 4 aromatic rings. The molecule has 0 aromatic heterocycles. The highest BCUT2D eigenvalue weighted by Crippen LogP contribution is 2.39. The van der Waals surface area contributed by atoms with Gasteiger partial charge in [-0.3, -0.25) is 0 Å². The number of phenols is 2. The molecule has 23 heavy (non-hydrogen) atoms. The summed E-state index contributed by atoms with van der Waals surface area (Å²) in [6.07, 6.45) is 0. The van der Waals surface area contributed by atoms with Crippen molar-refractivity contribution < 1.29 is 10.2 Å². The van der Waals surface area contributed by atoms with E-state index in [0.29, 0.717) is 5.92 Å². The third-order valence-corrected chi connectivity index (χ3v) is 4.59. The number of hydrogen-bond donors (Lipinski definition) is 2. The largest absolute Gasteiger partial charge is 0.508 e. The quantitative estimate of drug-likeness (QED) is 0.444. The van der Waals surface area contributed by atoms with Gasteiger partial charge < -0.3 is 10.2 Å². The van der Waals surface area contributed by atoms with Gasteiger partial charge in [-0.25, -0.2) is 0 Å². The van der Waals surface area contributed by atoms with Crippen LogP contribution in [0.5, 0.6) is 11.5 Å². The van der Waals surface area contributed by atoms with E-state index in [1.165, 1.54) is 0 Å². The lowest BCUT2D eigenvalue weighted by Gasteiger charge is -2.14. The average Bonchev–Trinajstić information content (AvgIpc) is 2.53. The molecule has 0 amide bonds. The minimum atomic E-state index is 0.283. The number of benzene rings is 4. The zero-order valence-electron chi connectivity index (χ0n) is 13.2. The standard InChI is InChI=1S/C21H18O2/c1-12(2)18-10-14(22)11-19-15-7-6-13-4-3-5-20(23)21(13)17(15)9-8-16(18)19/h3-12,22-23H,1-2H3. The molecule has 0 atom stereocenters. The summed E-state index contributed by atoms with van der Waals surface area (Å²) in [6.45, 7) is 4.26. The third kappa shape index (κ3) is 2.02. The summed E-state index contributed by atoms with van der Waals surface area (Å²) in [7, 11) is 0. The molecule has 2 nitrogen and oxygen atoms in total. The molecule has 2 N–H and O–H groups in total. The van der Waals surface area contributed by atoms with Gasteiger partial charge in [0.15, 0.2) is 0 Å². The second-order valence-corrected chi connectivity index (χ2v) is 6.39. The van der Waals surface area contributed by atoms with E-state index in [2.05, 4.69) is 32.0 Å². The van der Waals surface area contributed by atoms with Crippen molar-refractivity contribution in [2.75, 3.05) is 0 Å². The third-order valence-electron chi connectivity index (χ3n) is 4.59. The van der Waals surface area contributed by atoms with E-state index < -0.39 is 0 Å². The molecule has 0 spiro atoms. The van der Waals surface area contributed by atoms with Crippen LogP contribution in [0.1, 0.15) is 25.3 Å². The molecule has 0 aliphatic carbocycles. The van der Waals surface area contributed by atoms with Gasteiger partial charge >= 0.3 is 0 Å². The average molecular weight is 302 g/mol. The summed E-state index contributed by atoms with van der Waals surface area (Å²) in [6, 6.07) is 17.5. The molecule has 0 aliphatic heterocycles. The Kier molecular flexibility index (Phi) is 2.95. The van der Waals surface area contributed by atoms with Crippen LogP contribution < -0.4 is 0 Å². The van der Waals surface area contributed by atoms with Crippen LogP contribution in [-0.4, -0.2) is 10.2 Å². The first-order valence-electron chi connectivity index (χ1n) is 7.86. The summed E-state index contributed by atoms with van der Waals surface area (Å²) >= 11 is 0. The predicted octanol–water partition coefficient (Wildman–Crippen LogP) is 5.68. The lowest BCUT2D eigenvalue weighted by Crippen LogP contribution is -1.90. The first kappa shape index (κ1) is 13.9. The Morgan fingerprint density at radius 2 is 1.48 bits per heavy atom. The van der Waals surface area contributed by atoms with Gasteiger partial charge in [0.1, 0.15) is 11.5 Å². The van der Waals surface area contributed by atoms with Crippen molar-refractivity contribution in [1.82, 2.24) is 0 Å². The first-order chi connectivity index (χ1) is 11.1. The van der Waals surface area contributed by atoms with Gasteiger partial charge in [-0.15, -0.1) is 0 Å². The van der Waals surface area contributed by atoms with Gasteiger partial charge in [0, 0.05) is 5.39 Å². The van der Waals surface area contributed by atoms with Gasteiger partial charge in [0.05, 0.1) is 0 Å². The lowest BCUT2D eigenvalue weighted by atomic mass is 9.91. The number of aromatic hydroxyl groups is 2. The molecule has 0 bridgehead atoms. The number of phenolic OH excluding ortho intramolecular Hbond substituents is 2. The Morgan fingerprint density at radius 3 is 2.26 bits per heavy atom. The molecule has 2 heteroatoms.